The molecular weight excluding hydrogens is 366 g/mol. The van der Waals surface area contributed by atoms with Gasteiger partial charge in [-0.25, -0.2) is 9.98 Å². The molecule has 4 rings (SSSR count). The lowest BCUT2D eigenvalue weighted by Gasteiger charge is -2.08. The van der Waals surface area contributed by atoms with E-state index in [1.807, 2.05) is 60.7 Å². The largest absolute Gasteiger partial charge is 0.352 e. The SMILES string of the molecule is CCCCNC(=O)c1ccc2c(c1)N=C(c1ccccc1)c1cccnc1S2. The molecule has 0 bridgehead atoms. The normalized spacial score (nSPS) is 12.4. The fourth-order valence-corrected chi connectivity index (χ4v) is 4.01. The molecule has 2 heterocycles. The first kappa shape index (κ1) is 18.4. The molecule has 0 radical (unpaired) electrons. The van der Waals surface area contributed by atoms with E-state index in [-0.39, 0.29) is 5.91 Å². The average molecular weight is 388 g/mol. The maximum atomic E-state index is 12.5. The lowest BCUT2D eigenvalue weighted by atomic mass is 10.0. The molecule has 4 nitrogen and oxygen atoms in total. The van der Waals surface area contributed by atoms with Gasteiger partial charge in [0.05, 0.1) is 11.4 Å². The second kappa shape index (κ2) is 8.40. The van der Waals surface area contributed by atoms with Crippen LogP contribution in [0.2, 0.25) is 0 Å². The molecule has 0 spiro atoms. The van der Waals surface area contributed by atoms with Crippen LogP contribution in [0.4, 0.5) is 5.69 Å². The van der Waals surface area contributed by atoms with Gasteiger partial charge < -0.3 is 5.32 Å². The Balaban J connectivity index is 1.78. The summed E-state index contributed by atoms with van der Waals surface area (Å²) in [7, 11) is 0. The van der Waals surface area contributed by atoms with E-state index in [9.17, 15) is 4.79 Å². The molecule has 0 atom stereocenters. The summed E-state index contributed by atoms with van der Waals surface area (Å²) in [5, 5.41) is 3.90. The van der Waals surface area contributed by atoms with Crippen LogP contribution in [0.1, 0.15) is 41.3 Å². The molecule has 0 saturated carbocycles. The van der Waals surface area contributed by atoms with Gasteiger partial charge in [-0.15, -0.1) is 0 Å². The second-order valence-electron chi connectivity index (χ2n) is 6.58. The van der Waals surface area contributed by atoms with Gasteiger partial charge in [0.25, 0.3) is 5.91 Å². The Morgan fingerprint density at radius 2 is 1.93 bits per heavy atom. The third kappa shape index (κ3) is 3.85. The van der Waals surface area contributed by atoms with E-state index in [2.05, 4.69) is 17.2 Å². The zero-order chi connectivity index (χ0) is 19.3. The quantitative estimate of drug-likeness (QED) is 0.476. The first-order valence-electron chi connectivity index (χ1n) is 9.46. The fraction of sp³-hybridized carbons (Fsp3) is 0.174. The van der Waals surface area contributed by atoms with Gasteiger partial charge in [-0.1, -0.05) is 55.4 Å². The number of fused-ring (bicyclic) bond motifs is 2. The first-order chi connectivity index (χ1) is 13.8. The van der Waals surface area contributed by atoms with Gasteiger partial charge in [0.1, 0.15) is 5.03 Å². The van der Waals surface area contributed by atoms with Gasteiger partial charge in [-0.2, -0.15) is 0 Å². The molecule has 1 N–H and O–H groups in total. The first-order valence-corrected chi connectivity index (χ1v) is 10.3. The second-order valence-corrected chi connectivity index (χ2v) is 7.61. The van der Waals surface area contributed by atoms with Crippen molar-refractivity contribution in [3.8, 4) is 0 Å². The van der Waals surface area contributed by atoms with Gasteiger partial charge in [0.2, 0.25) is 0 Å². The summed E-state index contributed by atoms with van der Waals surface area (Å²) in [6, 6.07) is 19.8. The number of nitrogens with zero attached hydrogens (tertiary/aromatic N) is 2. The van der Waals surface area contributed by atoms with Crippen molar-refractivity contribution in [1.29, 1.82) is 0 Å². The summed E-state index contributed by atoms with van der Waals surface area (Å²) in [4.78, 5) is 23.0. The predicted octanol–water partition coefficient (Wildman–Crippen LogP) is 5.25. The van der Waals surface area contributed by atoms with Gasteiger partial charge >= 0.3 is 0 Å². The van der Waals surface area contributed by atoms with E-state index < -0.39 is 0 Å². The molecule has 1 aliphatic heterocycles. The lowest BCUT2D eigenvalue weighted by molar-refractivity contribution is 0.0953. The van der Waals surface area contributed by atoms with Gasteiger partial charge in [-0.3, -0.25) is 4.79 Å². The highest BCUT2D eigenvalue weighted by atomic mass is 32.2. The molecule has 5 heteroatoms. The minimum absolute atomic E-state index is 0.0578. The highest BCUT2D eigenvalue weighted by Gasteiger charge is 2.20. The minimum Gasteiger partial charge on any atom is -0.352 e. The molecule has 1 aliphatic rings. The summed E-state index contributed by atoms with van der Waals surface area (Å²) in [6.07, 6.45) is 3.83. The molecule has 0 saturated heterocycles. The van der Waals surface area contributed by atoms with Crippen LogP contribution in [0.25, 0.3) is 0 Å². The molecule has 0 fully saturated rings. The van der Waals surface area contributed by atoms with Crippen molar-refractivity contribution in [3.05, 3.63) is 83.6 Å². The van der Waals surface area contributed by atoms with Crippen LogP contribution in [0, 0.1) is 0 Å². The van der Waals surface area contributed by atoms with Crippen LogP contribution in [0.3, 0.4) is 0 Å². The standard InChI is InChI=1S/C23H21N3OS/c1-2-3-13-24-22(27)17-11-12-20-19(15-17)26-21(16-8-5-4-6-9-16)18-10-7-14-25-23(18)28-20/h4-12,14-15H,2-3,13H2,1H3,(H,24,27). The van der Waals surface area contributed by atoms with Gasteiger partial charge in [-0.05, 0) is 36.8 Å². The van der Waals surface area contributed by atoms with Crippen LogP contribution in [-0.4, -0.2) is 23.1 Å². The maximum Gasteiger partial charge on any atom is 0.251 e. The van der Waals surface area contributed by atoms with E-state index in [1.165, 1.54) is 0 Å². The van der Waals surface area contributed by atoms with Crippen LogP contribution < -0.4 is 5.32 Å². The summed E-state index contributed by atoms with van der Waals surface area (Å²) in [6.45, 7) is 2.80. The summed E-state index contributed by atoms with van der Waals surface area (Å²) in [5.41, 5.74) is 4.33. The van der Waals surface area contributed by atoms with Gasteiger partial charge in [0, 0.05) is 34.3 Å². The molecule has 1 amide bonds. The predicted molar refractivity (Wildman–Crippen MR) is 114 cm³/mol. The number of benzene rings is 2. The van der Waals surface area contributed by atoms with Crippen LogP contribution in [0.15, 0.2) is 81.8 Å². The Bertz CT molecular complexity index is 1030. The summed E-state index contributed by atoms with van der Waals surface area (Å²) < 4.78 is 0. The van der Waals surface area contributed by atoms with Crippen molar-refractivity contribution in [1.82, 2.24) is 10.3 Å². The Morgan fingerprint density at radius 3 is 2.75 bits per heavy atom. The average Bonchev–Trinajstić information content (AvgIpc) is 2.90. The third-order valence-electron chi connectivity index (χ3n) is 4.55. The molecule has 28 heavy (non-hydrogen) atoms. The molecule has 140 valence electrons. The fourth-order valence-electron chi connectivity index (χ4n) is 3.07. The smallest absolute Gasteiger partial charge is 0.251 e. The van der Waals surface area contributed by atoms with Crippen molar-refractivity contribution in [2.24, 2.45) is 4.99 Å². The number of aromatic nitrogens is 1. The summed E-state index contributed by atoms with van der Waals surface area (Å²) in [5.74, 6) is -0.0578. The van der Waals surface area contributed by atoms with Gasteiger partial charge in [0.15, 0.2) is 0 Å². The van der Waals surface area contributed by atoms with E-state index in [0.29, 0.717) is 12.1 Å². The maximum absolute atomic E-state index is 12.5. The number of carbonyl (C=O) groups excluding carboxylic acids is 1. The van der Waals surface area contributed by atoms with Crippen molar-refractivity contribution in [2.75, 3.05) is 6.54 Å². The zero-order valence-electron chi connectivity index (χ0n) is 15.7. The number of unbranched alkanes of at least 4 members (excludes halogenated alkanes) is 1. The topological polar surface area (TPSA) is 54.4 Å². The number of hydrogen-bond acceptors (Lipinski definition) is 4. The Hall–Kier alpha value is -2.92. The monoisotopic (exact) mass is 387 g/mol. The number of rotatable bonds is 5. The number of aliphatic imine (C=N–C) groups is 1. The zero-order valence-corrected chi connectivity index (χ0v) is 16.5. The van der Waals surface area contributed by atoms with Crippen LogP contribution >= 0.6 is 11.8 Å². The third-order valence-corrected chi connectivity index (χ3v) is 5.63. The molecule has 2 aromatic carbocycles. The Kier molecular flexibility index (Phi) is 5.53. The van der Waals surface area contributed by atoms with Crippen molar-refractivity contribution in [2.45, 2.75) is 29.7 Å². The molecule has 3 aromatic rings. The lowest BCUT2D eigenvalue weighted by Crippen LogP contribution is -2.24. The van der Waals surface area contributed by atoms with Crippen LogP contribution in [-0.2, 0) is 0 Å². The van der Waals surface area contributed by atoms with E-state index in [1.54, 1.807) is 18.0 Å². The van der Waals surface area contributed by atoms with Crippen molar-refractivity contribution >= 4 is 29.1 Å². The number of hydrogen-bond donors (Lipinski definition) is 1. The Labute approximate surface area is 169 Å². The number of nitrogens with one attached hydrogen (secondary N) is 1. The van der Waals surface area contributed by atoms with Crippen molar-refractivity contribution in [3.63, 3.8) is 0 Å². The van der Waals surface area contributed by atoms with E-state index in [4.69, 9.17) is 4.99 Å². The van der Waals surface area contributed by atoms with E-state index in [0.717, 1.165) is 45.3 Å². The number of pyridine rings is 1. The van der Waals surface area contributed by atoms with Crippen molar-refractivity contribution < 1.29 is 4.79 Å². The minimum atomic E-state index is -0.0578. The van der Waals surface area contributed by atoms with E-state index >= 15 is 0 Å². The molecular formula is C23H21N3OS. The Morgan fingerprint density at radius 1 is 1.07 bits per heavy atom. The summed E-state index contributed by atoms with van der Waals surface area (Å²) >= 11 is 1.59. The highest BCUT2D eigenvalue weighted by molar-refractivity contribution is 7.99. The number of carbonyl (C=O) groups is 1. The highest BCUT2D eigenvalue weighted by Crippen LogP contribution is 2.40. The van der Waals surface area contributed by atoms with Crippen LogP contribution in [0.5, 0.6) is 0 Å². The molecule has 0 unspecified atom stereocenters. The molecule has 0 aliphatic carbocycles. The molecule has 1 aromatic heterocycles. The number of amides is 1.